The summed E-state index contributed by atoms with van der Waals surface area (Å²) in [6.45, 7) is 2.09. The lowest BCUT2D eigenvalue weighted by Gasteiger charge is -2.23. The van der Waals surface area contributed by atoms with Gasteiger partial charge in [0.1, 0.15) is 17.1 Å². The number of benzene rings is 1. The molecule has 0 atom stereocenters. The first-order chi connectivity index (χ1) is 24.5. The third-order valence-corrected chi connectivity index (χ3v) is 7.96. The maximum absolute atomic E-state index is 13.7. The molecule has 0 aliphatic carbocycles. The third kappa shape index (κ3) is 10.3. The Morgan fingerprint density at radius 1 is 0.830 bits per heavy atom. The summed E-state index contributed by atoms with van der Waals surface area (Å²) < 4.78 is 45.7. The fourth-order valence-electron chi connectivity index (χ4n) is 5.29. The Bertz CT molecular complexity index is 2000. The fourth-order valence-corrected chi connectivity index (χ4v) is 5.38. The number of halogens is 5. The van der Waals surface area contributed by atoms with E-state index in [4.69, 9.17) is 23.1 Å². The minimum Gasteiger partial charge on any atom is -0.370 e. The number of carbonyl (C=O) groups is 4. The molecule has 15 nitrogen and oxygen atoms in total. The molecule has 0 unspecified atom stereocenters. The molecule has 0 radical (unpaired) electrons. The highest BCUT2D eigenvalue weighted by Gasteiger charge is 2.34. The number of amides is 4. The number of hydrogen-bond donors (Lipinski definition) is 6. The average Bonchev–Trinajstić information content (AvgIpc) is 3.77. The summed E-state index contributed by atoms with van der Waals surface area (Å²) in [6, 6.07) is 7.73. The molecule has 0 fully saturated rings. The molecule has 1 aromatic carbocycles. The maximum Gasteiger partial charge on any atom is 0.416 e. The lowest BCUT2D eigenvalue weighted by atomic mass is 10.0. The Kier molecular flexibility index (Phi) is 14.1. The quantitative estimate of drug-likeness (QED) is 0.0369. The number of nitrogens with two attached hydrogens (primary N) is 2. The normalized spacial score (nSPS) is 11.0. The molecule has 4 aromatic rings. The predicted octanol–water partition coefficient (Wildman–Crippen LogP) is 3.60. The summed E-state index contributed by atoms with van der Waals surface area (Å²) >= 11 is 5.84. The van der Waals surface area contributed by atoms with Crippen molar-refractivity contribution in [2.24, 2.45) is 37.6 Å². The Morgan fingerprint density at radius 2 is 1.38 bits per heavy atom. The number of hydrazine groups is 1. The van der Waals surface area contributed by atoms with Crippen LogP contribution in [0, 0.1) is 0 Å². The topological polar surface area (TPSA) is 199 Å². The van der Waals surface area contributed by atoms with E-state index in [0.29, 0.717) is 5.69 Å². The summed E-state index contributed by atoms with van der Waals surface area (Å²) in [5.41, 5.74) is 13.7. The molecule has 4 rings (SSSR count). The van der Waals surface area contributed by atoms with E-state index >= 15 is 0 Å². The third-order valence-electron chi connectivity index (χ3n) is 7.77. The molecule has 3 aromatic heterocycles. The predicted molar refractivity (Wildman–Crippen MR) is 199 cm³/mol. The van der Waals surface area contributed by atoms with Crippen LogP contribution in [0.4, 0.5) is 30.2 Å². The summed E-state index contributed by atoms with van der Waals surface area (Å²) in [5, 5.41) is 9.17. The van der Waals surface area contributed by atoms with Crippen molar-refractivity contribution in [3.05, 3.63) is 88.8 Å². The molecule has 3 heterocycles. The van der Waals surface area contributed by atoms with Crippen LogP contribution in [0.1, 0.15) is 59.9 Å². The van der Waals surface area contributed by atoms with E-state index in [0.717, 1.165) is 11.1 Å². The van der Waals surface area contributed by atoms with Gasteiger partial charge in [-0.3, -0.25) is 24.2 Å². The molecule has 286 valence electrons. The molecule has 0 spiro atoms. The molecule has 20 heteroatoms. The van der Waals surface area contributed by atoms with Gasteiger partial charge in [0.2, 0.25) is 0 Å². The molecule has 0 bridgehead atoms. The van der Waals surface area contributed by atoms with Crippen molar-refractivity contribution in [2.75, 3.05) is 41.2 Å². The minimum atomic E-state index is -4.66. The van der Waals surface area contributed by atoms with E-state index in [2.05, 4.69) is 26.4 Å². The molecule has 4 amide bonds. The van der Waals surface area contributed by atoms with Crippen LogP contribution in [0.3, 0.4) is 0 Å². The number of carbonyl (C=O) groups excluding carboxylic acids is 4. The lowest BCUT2D eigenvalue weighted by molar-refractivity contribution is -0.138. The van der Waals surface area contributed by atoms with Crippen LogP contribution in [-0.2, 0) is 33.7 Å². The molecule has 0 aliphatic heterocycles. The summed E-state index contributed by atoms with van der Waals surface area (Å²) in [5.74, 6) is -2.31. The second kappa shape index (κ2) is 17.8. The molecule has 8 N–H and O–H groups in total. The number of aliphatic imine (C=N–C) groups is 1. The molecular formula is C33H40Cl2F3N11O4. The molecular weight excluding hydrogens is 742 g/mol. The first kappa shape index (κ1) is 42.0. The van der Waals surface area contributed by atoms with Gasteiger partial charge >= 0.3 is 6.18 Å². The van der Waals surface area contributed by atoms with Crippen LogP contribution in [0.15, 0.2) is 60.0 Å². The molecule has 0 saturated carbocycles. The van der Waals surface area contributed by atoms with E-state index in [9.17, 15) is 32.3 Å². The van der Waals surface area contributed by atoms with Crippen LogP contribution in [-0.4, -0.2) is 68.8 Å². The van der Waals surface area contributed by atoms with Crippen LogP contribution in [0.5, 0.6) is 0 Å². The van der Waals surface area contributed by atoms with Gasteiger partial charge in [0.25, 0.3) is 23.6 Å². The van der Waals surface area contributed by atoms with Crippen molar-refractivity contribution < 1.29 is 32.3 Å². The van der Waals surface area contributed by atoms with E-state index in [1.54, 1.807) is 34.3 Å². The van der Waals surface area contributed by atoms with Gasteiger partial charge < -0.3 is 41.1 Å². The monoisotopic (exact) mass is 781 g/mol. The number of aromatic nitrogens is 3. The van der Waals surface area contributed by atoms with Gasteiger partial charge in [0.05, 0.1) is 29.2 Å². The van der Waals surface area contributed by atoms with E-state index in [1.165, 1.54) is 56.4 Å². The van der Waals surface area contributed by atoms with Gasteiger partial charge in [-0.15, -0.1) is 24.0 Å². The van der Waals surface area contributed by atoms with Crippen LogP contribution in [0.25, 0.3) is 0 Å². The minimum absolute atomic E-state index is 0. The van der Waals surface area contributed by atoms with Crippen molar-refractivity contribution in [1.29, 1.82) is 0 Å². The zero-order chi connectivity index (χ0) is 38.3. The number of nitrogens with zero attached hydrogens (tertiary/aromatic N) is 5. The number of aryl methyl sites for hydroxylation is 4. The number of hydrogen-bond acceptors (Lipinski definition) is 6. The summed E-state index contributed by atoms with van der Waals surface area (Å²) in [6.07, 6.45) is 0.00856. The Morgan fingerprint density at radius 3 is 1.91 bits per heavy atom. The summed E-state index contributed by atoms with van der Waals surface area (Å²) in [7, 11) is 4.81. The number of anilines is 3. The first-order valence-corrected chi connectivity index (χ1v) is 16.4. The Balaban J connectivity index is 0.00000756. The van der Waals surface area contributed by atoms with Crippen molar-refractivity contribution in [3.63, 3.8) is 0 Å². The maximum atomic E-state index is 13.7. The zero-order valence-corrected chi connectivity index (χ0v) is 30.7. The Hall–Kier alpha value is -5.46. The number of guanidine groups is 1. The van der Waals surface area contributed by atoms with Crippen molar-refractivity contribution in [3.8, 4) is 0 Å². The van der Waals surface area contributed by atoms with Crippen LogP contribution < -0.4 is 37.9 Å². The zero-order valence-electron chi connectivity index (χ0n) is 29.2. The molecule has 53 heavy (non-hydrogen) atoms. The van der Waals surface area contributed by atoms with E-state index in [1.807, 2.05) is 0 Å². The first-order valence-electron chi connectivity index (χ1n) is 15.8. The molecule has 0 saturated heterocycles. The highest BCUT2D eigenvalue weighted by molar-refractivity contribution is 6.18. The number of alkyl halides is 4. The number of rotatable bonds is 14. The highest BCUT2D eigenvalue weighted by Crippen LogP contribution is 2.33. The van der Waals surface area contributed by atoms with Gasteiger partial charge in [-0.2, -0.15) is 13.2 Å². The van der Waals surface area contributed by atoms with Crippen molar-refractivity contribution >= 4 is 70.7 Å². The summed E-state index contributed by atoms with van der Waals surface area (Å²) in [4.78, 5) is 56.5. The lowest BCUT2D eigenvalue weighted by Crippen LogP contribution is -2.44. The highest BCUT2D eigenvalue weighted by atomic mass is 35.5. The SMILES string of the molecule is CCc1ccc(C(=O)N(NCCCl)c2cc(C(=O)Nc3cc(C(=O)Nc4cc(C(=O)NCCN=C(N)N)n(C)c4)n(C)c3)n(C)c2)cc1C(F)(F)F.Cl. The van der Waals surface area contributed by atoms with Crippen molar-refractivity contribution in [1.82, 2.24) is 24.4 Å². The smallest absolute Gasteiger partial charge is 0.370 e. The standard InChI is InChI=1S/C33H39ClF3N11O4.ClH/c1-5-19-6-7-20(12-24(19)33(35,36)37)31(52)48(42-9-8-34)23-15-27(47(4)18-23)30(51)44-22-14-26(46(3)17-22)29(50)43-21-13-25(45(2)16-21)28(49)40-10-11-41-32(38)39;/h6-7,12-18,42H,5,8-11H2,1-4H3,(H,40,49)(H,43,50)(H,44,51)(H4,38,39,41);1H. The van der Waals surface area contributed by atoms with Gasteiger partial charge in [-0.25, -0.2) is 10.4 Å². The van der Waals surface area contributed by atoms with Crippen LogP contribution in [0.2, 0.25) is 0 Å². The van der Waals surface area contributed by atoms with Crippen molar-refractivity contribution in [2.45, 2.75) is 19.5 Å². The van der Waals surface area contributed by atoms with Gasteiger partial charge in [-0.1, -0.05) is 13.0 Å². The van der Waals surface area contributed by atoms with E-state index < -0.39 is 35.4 Å². The largest absolute Gasteiger partial charge is 0.416 e. The Labute approximate surface area is 313 Å². The van der Waals surface area contributed by atoms with Gasteiger partial charge in [-0.05, 0) is 42.3 Å². The van der Waals surface area contributed by atoms with E-state index in [-0.39, 0.29) is 89.9 Å². The molecule has 0 aliphatic rings. The van der Waals surface area contributed by atoms with Gasteiger partial charge in [0.15, 0.2) is 5.96 Å². The van der Waals surface area contributed by atoms with Crippen LogP contribution >= 0.6 is 24.0 Å². The van der Waals surface area contributed by atoms with Gasteiger partial charge in [0, 0.05) is 64.3 Å². The average molecular weight is 783 g/mol. The second-order valence-corrected chi connectivity index (χ2v) is 12.0. The fraction of sp³-hybridized carbons (Fsp3) is 0.303. The number of nitrogens with one attached hydrogen (secondary N) is 4. The second-order valence-electron chi connectivity index (χ2n) is 11.6.